The van der Waals surface area contributed by atoms with Gasteiger partial charge in [0.1, 0.15) is 22.9 Å². The number of nitrogens with one attached hydrogen (secondary N) is 2. The molecule has 1 aliphatic rings. The van der Waals surface area contributed by atoms with Crippen molar-refractivity contribution >= 4 is 23.2 Å². The number of hydrogen-bond acceptors (Lipinski definition) is 6. The molecule has 0 saturated carbocycles. The number of ether oxygens (including phenoxy) is 3. The molecule has 0 unspecified atom stereocenters. The van der Waals surface area contributed by atoms with Crippen molar-refractivity contribution in [3.05, 3.63) is 65.9 Å². The van der Waals surface area contributed by atoms with E-state index in [2.05, 4.69) is 15.6 Å². The lowest BCUT2D eigenvalue weighted by molar-refractivity contribution is 0.101. The molecule has 2 N–H and O–H groups in total. The topological polar surface area (TPSA) is 98.8 Å². The Bertz CT molecular complexity index is 1090. The molecule has 0 aliphatic carbocycles. The number of rotatable bonds is 4. The Labute approximate surface area is 166 Å². The Hall–Kier alpha value is -4.07. The van der Waals surface area contributed by atoms with Gasteiger partial charge in [-0.05, 0) is 42.5 Å². The number of nitrogens with zero attached hydrogens (tertiary/aromatic N) is 1. The van der Waals surface area contributed by atoms with Crippen LogP contribution in [-0.4, -0.2) is 31.0 Å². The molecule has 0 fully saturated rings. The first-order chi connectivity index (χ1) is 14.1. The fourth-order valence-corrected chi connectivity index (χ4v) is 2.88. The maximum atomic E-state index is 12.7. The summed E-state index contributed by atoms with van der Waals surface area (Å²) in [5.74, 6) is 0.915. The summed E-state index contributed by atoms with van der Waals surface area (Å²) in [6, 6.07) is 13.1. The molecule has 0 bridgehead atoms. The number of pyridine rings is 1. The smallest absolute Gasteiger partial charge is 0.259 e. The second kappa shape index (κ2) is 7.51. The molecule has 2 amide bonds. The van der Waals surface area contributed by atoms with E-state index in [4.69, 9.17) is 14.2 Å². The molecule has 8 nitrogen and oxygen atoms in total. The fourth-order valence-electron chi connectivity index (χ4n) is 2.88. The average Bonchev–Trinajstić information content (AvgIpc) is 2.89. The van der Waals surface area contributed by atoms with Gasteiger partial charge < -0.3 is 24.8 Å². The molecule has 2 heterocycles. The molecule has 1 aromatic heterocycles. The highest BCUT2D eigenvalue weighted by molar-refractivity contribution is 6.10. The van der Waals surface area contributed by atoms with Crippen molar-refractivity contribution < 1.29 is 23.8 Å². The highest BCUT2D eigenvalue weighted by Crippen LogP contribution is 2.35. The van der Waals surface area contributed by atoms with Crippen molar-refractivity contribution in [2.24, 2.45) is 0 Å². The largest absolute Gasteiger partial charge is 0.497 e. The summed E-state index contributed by atoms with van der Waals surface area (Å²) >= 11 is 0. The van der Waals surface area contributed by atoms with Gasteiger partial charge in [-0.1, -0.05) is 0 Å². The summed E-state index contributed by atoms with van der Waals surface area (Å²) in [7, 11) is 3.02. The fraction of sp³-hybridized carbons (Fsp3) is 0.0952. The summed E-state index contributed by atoms with van der Waals surface area (Å²) in [5.41, 5.74) is 1.55. The zero-order chi connectivity index (χ0) is 20.4. The Morgan fingerprint density at radius 3 is 2.55 bits per heavy atom. The maximum Gasteiger partial charge on any atom is 0.259 e. The van der Waals surface area contributed by atoms with E-state index in [0.717, 1.165) is 0 Å². The first-order valence-electron chi connectivity index (χ1n) is 8.70. The molecular weight excluding hydrogens is 374 g/mol. The number of methoxy groups -OCH3 is 2. The molecule has 0 radical (unpaired) electrons. The number of carbonyl (C=O) groups is 2. The lowest BCUT2D eigenvalue weighted by Gasteiger charge is -2.11. The Balaban J connectivity index is 1.61. The van der Waals surface area contributed by atoms with E-state index in [-0.39, 0.29) is 17.4 Å². The SMILES string of the molecule is COc1cc(OC)cc(C(=O)Nc2ccc3c(c2)C(=O)Nc2cccnc2O3)c1. The third-order valence-corrected chi connectivity index (χ3v) is 4.32. The van der Waals surface area contributed by atoms with Gasteiger partial charge in [-0.3, -0.25) is 9.59 Å². The van der Waals surface area contributed by atoms with Crippen LogP contribution >= 0.6 is 0 Å². The highest BCUT2D eigenvalue weighted by Gasteiger charge is 2.22. The second-order valence-electron chi connectivity index (χ2n) is 6.18. The zero-order valence-electron chi connectivity index (χ0n) is 15.7. The Morgan fingerprint density at radius 2 is 1.83 bits per heavy atom. The van der Waals surface area contributed by atoms with Crippen LogP contribution in [0.1, 0.15) is 20.7 Å². The van der Waals surface area contributed by atoms with Crippen molar-refractivity contribution in [3.63, 3.8) is 0 Å². The molecule has 4 rings (SSSR count). The van der Waals surface area contributed by atoms with Crippen LogP contribution in [0.4, 0.5) is 11.4 Å². The minimum atomic E-state index is -0.373. The molecular formula is C21H17N3O5. The van der Waals surface area contributed by atoms with Crippen molar-refractivity contribution in [3.8, 4) is 23.1 Å². The molecule has 3 aromatic rings. The second-order valence-corrected chi connectivity index (χ2v) is 6.18. The minimum absolute atomic E-state index is 0.282. The minimum Gasteiger partial charge on any atom is -0.497 e. The van der Waals surface area contributed by atoms with Gasteiger partial charge in [-0.2, -0.15) is 0 Å². The summed E-state index contributed by atoms with van der Waals surface area (Å²) in [6.07, 6.45) is 1.58. The molecule has 0 saturated heterocycles. The standard InChI is InChI=1S/C21H17N3O5/c1-27-14-8-12(9-15(11-14)28-2)19(25)23-13-5-6-18-16(10-13)20(26)24-17-4-3-7-22-21(17)29-18/h3-11H,1-2H3,(H,23,25)(H,24,26). The molecule has 146 valence electrons. The Kier molecular flexibility index (Phi) is 4.74. The van der Waals surface area contributed by atoms with E-state index in [9.17, 15) is 9.59 Å². The predicted octanol–water partition coefficient (Wildman–Crippen LogP) is 3.71. The van der Waals surface area contributed by atoms with Crippen LogP contribution in [0.15, 0.2) is 54.7 Å². The van der Waals surface area contributed by atoms with Gasteiger partial charge in [0.2, 0.25) is 5.88 Å². The number of aromatic nitrogens is 1. The van der Waals surface area contributed by atoms with Crippen LogP contribution in [0.25, 0.3) is 0 Å². The van der Waals surface area contributed by atoms with E-state index in [0.29, 0.717) is 40.1 Å². The Morgan fingerprint density at radius 1 is 1.07 bits per heavy atom. The van der Waals surface area contributed by atoms with Crippen LogP contribution in [0, 0.1) is 0 Å². The number of benzene rings is 2. The molecule has 0 atom stereocenters. The monoisotopic (exact) mass is 391 g/mol. The van der Waals surface area contributed by atoms with Gasteiger partial charge in [-0.15, -0.1) is 0 Å². The third kappa shape index (κ3) is 3.68. The summed E-state index contributed by atoms with van der Waals surface area (Å²) in [5, 5.41) is 5.52. The van der Waals surface area contributed by atoms with Crippen LogP contribution in [0.2, 0.25) is 0 Å². The summed E-state index contributed by atoms with van der Waals surface area (Å²) < 4.78 is 16.1. The normalized spacial score (nSPS) is 11.9. The van der Waals surface area contributed by atoms with E-state index in [1.165, 1.54) is 14.2 Å². The van der Waals surface area contributed by atoms with Crippen LogP contribution in [0.3, 0.4) is 0 Å². The molecule has 29 heavy (non-hydrogen) atoms. The lowest BCUT2D eigenvalue weighted by Crippen LogP contribution is -2.14. The van der Waals surface area contributed by atoms with Gasteiger partial charge in [0.05, 0.1) is 19.8 Å². The van der Waals surface area contributed by atoms with Gasteiger partial charge >= 0.3 is 0 Å². The summed E-state index contributed by atoms with van der Waals surface area (Å²) in [6.45, 7) is 0. The molecule has 2 aromatic carbocycles. The van der Waals surface area contributed by atoms with E-state index in [1.807, 2.05) is 0 Å². The number of anilines is 2. The van der Waals surface area contributed by atoms with Crippen LogP contribution < -0.4 is 24.8 Å². The van der Waals surface area contributed by atoms with Gasteiger partial charge in [-0.25, -0.2) is 4.98 Å². The van der Waals surface area contributed by atoms with Gasteiger partial charge in [0.15, 0.2) is 0 Å². The maximum absolute atomic E-state index is 12.7. The van der Waals surface area contributed by atoms with E-state index < -0.39 is 0 Å². The first-order valence-corrected chi connectivity index (χ1v) is 8.70. The zero-order valence-corrected chi connectivity index (χ0v) is 15.7. The number of carbonyl (C=O) groups excluding carboxylic acids is 2. The number of hydrogen-bond donors (Lipinski definition) is 2. The summed E-state index contributed by atoms with van der Waals surface area (Å²) in [4.78, 5) is 29.4. The van der Waals surface area contributed by atoms with Gasteiger partial charge in [0, 0.05) is 23.5 Å². The van der Waals surface area contributed by atoms with Crippen LogP contribution in [-0.2, 0) is 0 Å². The van der Waals surface area contributed by atoms with Crippen molar-refractivity contribution in [1.82, 2.24) is 4.98 Å². The van der Waals surface area contributed by atoms with E-state index >= 15 is 0 Å². The lowest BCUT2D eigenvalue weighted by atomic mass is 10.1. The quantitative estimate of drug-likeness (QED) is 0.703. The van der Waals surface area contributed by atoms with Crippen molar-refractivity contribution in [2.45, 2.75) is 0 Å². The van der Waals surface area contributed by atoms with E-state index in [1.54, 1.807) is 54.7 Å². The third-order valence-electron chi connectivity index (χ3n) is 4.32. The van der Waals surface area contributed by atoms with Crippen LogP contribution in [0.5, 0.6) is 23.1 Å². The van der Waals surface area contributed by atoms with Gasteiger partial charge in [0.25, 0.3) is 11.8 Å². The molecule has 8 heteroatoms. The average molecular weight is 391 g/mol. The molecule has 0 spiro atoms. The number of fused-ring (bicyclic) bond motifs is 2. The molecule has 1 aliphatic heterocycles. The number of amides is 2. The predicted molar refractivity (Wildman–Crippen MR) is 106 cm³/mol. The first kappa shape index (κ1) is 18.3. The van der Waals surface area contributed by atoms with Crippen molar-refractivity contribution in [1.29, 1.82) is 0 Å². The van der Waals surface area contributed by atoms with Crippen molar-refractivity contribution in [2.75, 3.05) is 24.9 Å². The highest BCUT2D eigenvalue weighted by atomic mass is 16.5.